The predicted octanol–water partition coefficient (Wildman–Crippen LogP) is 15.2. The summed E-state index contributed by atoms with van der Waals surface area (Å²) in [5.41, 5.74) is 11.5. The van der Waals surface area contributed by atoms with Crippen molar-refractivity contribution in [1.82, 2.24) is 9.13 Å². The molecule has 1 unspecified atom stereocenters. The second kappa shape index (κ2) is 12.6. The Kier molecular flexibility index (Phi) is 6.89. The van der Waals surface area contributed by atoms with Gasteiger partial charge in [-0.15, -0.1) is 0 Å². The van der Waals surface area contributed by atoms with Crippen molar-refractivity contribution in [3.63, 3.8) is 0 Å². The van der Waals surface area contributed by atoms with Gasteiger partial charge in [-0.25, -0.2) is 0 Å². The van der Waals surface area contributed by atoms with E-state index in [2.05, 4.69) is 223 Å². The van der Waals surface area contributed by atoms with Crippen LogP contribution >= 0.6 is 0 Å². The molecule has 13 aromatic rings. The quantitative estimate of drug-likeness (QED) is 0.154. The topological polar surface area (TPSA) is 9.86 Å². The second-order valence-corrected chi connectivity index (χ2v) is 19.1. The Bertz CT molecular complexity index is 4390. The predicted molar refractivity (Wildman–Crippen MR) is 277 cm³/mol. The average Bonchev–Trinajstić information content (AvgIpc) is 3.94. The number of hydrogen-bond acceptors (Lipinski definition) is 0. The van der Waals surface area contributed by atoms with Gasteiger partial charge in [0.1, 0.15) is 0 Å². The van der Waals surface area contributed by atoms with Gasteiger partial charge in [0.25, 0.3) is 0 Å². The molecule has 0 amide bonds. The van der Waals surface area contributed by atoms with Crippen molar-refractivity contribution < 1.29 is 0 Å². The minimum atomic E-state index is -0.224. The van der Waals surface area contributed by atoms with Crippen LogP contribution in [0.25, 0.3) is 126 Å². The Labute approximate surface area is 375 Å². The van der Waals surface area contributed by atoms with Crippen LogP contribution in [0.3, 0.4) is 0 Å². The van der Waals surface area contributed by atoms with Crippen LogP contribution in [0.1, 0.15) is 37.4 Å². The van der Waals surface area contributed by atoms with E-state index in [-0.39, 0.29) is 11.5 Å². The zero-order valence-corrected chi connectivity index (χ0v) is 36.2. The third-order valence-electron chi connectivity index (χ3n) is 15.6. The monoisotopic (exact) mass is 826 g/mol. The van der Waals surface area contributed by atoms with Gasteiger partial charge in [0, 0.05) is 38.2 Å². The van der Waals surface area contributed by atoms with Gasteiger partial charge in [-0.05, 0) is 142 Å². The minimum absolute atomic E-state index is 0.172. The Morgan fingerprint density at radius 3 is 1.43 bits per heavy atom. The van der Waals surface area contributed by atoms with Gasteiger partial charge < -0.3 is 9.13 Å². The van der Waals surface area contributed by atoms with Gasteiger partial charge in [0.15, 0.2) is 0 Å². The van der Waals surface area contributed by atoms with Crippen molar-refractivity contribution in [3.05, 3.63) is 210 Å². The summed E-state index contributed by atoms with van der Waals surface area (Å²) in [6.07, 6.45) is 6.01. The van der Waals surface area contributed by atoms with Crippen LogP contribution in [-0.4, -0.2) is 9.13 Å². The lowest BCUT2D eigenvalue weighted by Crippen LogP contribution is -2.31. The summed E-state index contributed by atoms with van der Waals surface area (Å²) in [5.74, 6) is 0. The van der Waals surface area contributed by atoms with E-state index in [4.69, 9.17) is 0 Å². The molecule has 2 aliphatic carbocycles. The molecule has 2 heterocycles. The molecule has 1 atom stereocenters. The Balaban J connectivity index is 0.953. The number of para-hydroxylation sites is 2. The van der Waals surface area contributed by atoms with E-state index in [0.717, 1.165) is 6.42 Å². The van der Waals surface area contributed by atoms with E-state index < -0.39 is 0 Å². The van der Waals surface area contributed by atoms with Gasteiger partial charge in [-0.3, -0.25) is 0 Å². The summed E-state index contributed by atoms with van der Waals surface area (Å²) < 4.78 is 5.17. The number of aromatic nitrogens is 2. The SMILES string of the molecule is CC1(C)c2cc3c(cc2-c2cc4c5ccccc5n(C5C=c6c(c7ccccc7c7ccccc67)=CC5)c4cc21)c1ccccc1n3-c1ccc2c3ccccc3c3ccccc3c2c1. The van der Waals surface area contributed by atoms with Crippen LogP contribution in [0.15, 0.2) is 188 Å². The molecule has 0 saturated carbocycles. The molecule has 0 aliphatic heterocycles. The molecule has 0 N–H and O–H groups in total. The Morgan fingerprint density at radius 1 is 0.369 bits per heavy atom. The second-order valence-electron chi connectivity index (χ2n) is 19.1. The van der Waals surface area contributed by atoms with Crippen LogP contribution in [0, 0.1) is 0 Å². The molecular formula is C63H42N2. The fourth-order valence-corrected chi connectivity index (χ4v) is 12.6. The first-order chi connectivity index (χ1) is 32.0. The van der Waals surface area contributed by atoms with E-state index in [1.807, 2.05) is 0 Å². The highest BCUT2D eigenvalue weighted by Gasteiger charge is 2.38. The van der Waals surface area contributed by atoms with Gasteiger partial charge in [0.05, 0.1) is 22.6 Å². The van der Waals surface area contributed by atoms with Gasteiger partial charge >= 0.3 is 0 Å². The zero-order valence-electron chi connectivity index (χ0n) is 36.2. The third kappa shape index (κ3) is 4.63. The summed E-state index contributed by atoms with van der Waals surface area (Å²) in [7, 11) is 0. The lowest BCUT2D eigenvalue weighted by atomic mass is 9.82. The maximum atomic E-state index is 2.65. The Morgan fingerprint density at radius 2 is 0.815 bits per heavy atom. The number of rotatable bonds is 2. The van der Waals surface area contributed by atoms with Gasteiger partial charge in [0.2, 0.25) is 0 Å². The van der Waals surface area contributed by atoms with Crippen LogP contribution < -0.4 is 10.4 Å². The molecule has 11 aromatic carbocycles. The molecule has 2 nitrogen and oxygen atoms in total. The lowest BCUT2D eigenvalue weighted by Gasteiger charge is -2.24. The van der Waals surface area contributed by atoms with E-state index in [1.54, 1.807) is 0 Å². The van der Waals surface area contributed by atoms with E-state index >= 15 is 0 Å². The van der Waals surface area contributed by atoms with Crippen LogP contribution in [-0.2, 0) is 5.41 Å². The minimum Gasteiger partial charge on any atom is -0.333 e. The summed E-state index contributed by atoms with van der Waals surface area (Å²) in [6.45, 7) is 4.88. The maximum Gasteiger partial charge on any atom is 0.0566 e. The number of nitrogens with zero attached hydrogens (tertiary/aromatic N) is 2. The number of benzene rings is 11. The molecule has 0 radical (unpaired) electrons. The first kappa shape index (κ1) is 35.5. The van der Waals surface area contributed by atoms with E-state index in [0.29, 0.717) is 0 Å². The van der Waals surface area contributed by atoms with Gasteiger partial charge in [-0.1, -0.05) is 166 Å². The molecular weight excluding hydrogens is 785 g/mol. The largest absolute Gasteiger partial charge is 0.333 e. The fraction of sp³-hybridized carbons (Fsp3) is 0.0794. The fourth-order valence-electron chi connectivity index (χ4n) is 12.6. The van der Waals surface area contributed by atoms with Crippen LogP contribution in [0.2, 0.25) is 0 Å². The van der Waals surface area contributed by atoms with E-state index in [9.17, 15) is 0 Å². The standard InChI is InChI=1S/C63H42N2/c1-63(2)57-35-61-55(49-23-11-13-25-59(49)64(61)37-27-29-47-43-19-5-3-15-39(43)41-17-7-9-21-45(41)51(47)31-37)33-53(57)54-34-56-50-24-12-14-26-60(50)65(62(56)36-58(54)63)38-28-30-48-44-20-6-4-16-40(44)42-18-8-10-22-46(42)52(48)32-38/h3-27,29-36,38H,28H2,1-2H3. The Hall–Kier alpha value is -7.94. The molecule has 0 fully saturated rings. The normalized spacial score (nSPS) is 15.4. The average molecular weight is 827 g/mol. The molecule has 2 aromatic heterocycles. The molecule has 0 spiro atoms. The molecule has 304 valence electrons. The van der Waals surface area contributed by atoms with Crippen LogP contribution in [0.4, 0.5) is 0 Å². The zero-order chi connectivity index (χ0) is 42.7. The highest BCUT2D eigenvalue weighted by molar-refractivity contribution is 6.26. The highest BCUT2D eigenvalue weighted by atomic mass is 15.0. The maximum absolute atomic E-state index is 2.65. The number of fused-ring (bicyclic) bond motifs is 21. The molecule has 0 bridgehead atoms. The smallest absolute Gasteiger partial charge is 0.0566 e. The van der Waals surface area contributed by atoms with E-state index in [1.165, 1.54) is 136 Å². The van der Waals surface area contributed by atoms with Crippen molar-refractivity contribution >= 4 is 110 Å². The third-order valence-corrected chi connectivity index (χ3v) is 15.6. The van der Waals surface area contributed by atoms with Crippen molar-refractivity contribution in [1.29, 1.82) is 0 Å². The molecule has 15 rings (SSSR count). The molecule has 2 aliphatic rings. The van der Waals surface area contributed by atoms with Crippen molar-refractivity contribution in [2.45, 2.75) is 31.7 Å². The summed E-state index contributed by atoms with van der Waals surface area (Å²) in [5, 5.41) is 21.0. The molecule has 2 heteroatoms. The summed E-state index contributed by atoms with van der Waals surface area (Å²) in [4.78, 5) is 0. The molecule has 0 saturated heterocycles. The van der Waals surface area contributed by atoms with Crippen molar-refractivity contribution in [2.24, 2.45) is 0 Å². The summed E-state index contributed by atoms with van der Waals surface area (Å²) in [6, 6.07) is 71.1. The highest BCUT2D eigenvalue weighted by Crippen LogP contribution is 2.53. The van der Waals surface area contributed by atoms with Crippen molar-refractivity contribution in [2.75, 3.05) is 0 Å². The van der Waals surface area contributed by atoms with Gasteiger partial charge in [-0.2, -0.15) is 0 Å². The first-order valence-corrected chi connectivity index (χ1v) is 23.1. The lowest BCUT2D eigenvalue weighted by molar-refractivity contribution is 0.658. The summed E-state index contributed by atoms with van der Waals surface area (Å²) >= 11 is 0. The first-order valence-electron chi connectivity index (χ1n) is 23.1. The molecule has 65 heavy (non-hydrogen) atoms. The number of hydrogen-bond donors (Lipinski definition) is 0. The van der Waals surface area contributed by atoms with Crippen molar-refractivity contribution in [3.8, 4) is 16.8 Å². The van der Waals surface area contributed by atoms with Crippen LogP contribution in [0.5, 0.6) is 0 Å².